The van der Waals surface area contributed by atoms with E-state index in [1.807, 2.05) is 75.4 Å². The van der Waals surface area contributed by atoms with Crippen LogP contribution in [0.5, 0.6) is 0 Å². The highest BCUT2D eigenvalue weighted by Crippen LogP contribution is 2.29. The van der Waals surface area contributed by atoms with Gasteiger partial charge in [-0.15, -0.1) is 0 Å². The van der Waals surface area contributed by atoms with Crippen molar-refractivity contribution in [1.29, 1.82) is 0 Å². The van der Waals surface area contributed by atoms with E-state index in [0.29, 0.717) is 22.5 Å². The first-order valence-electron chi connectivity index (χ1n) is 14.0. The summed E-state index contributed by atoms with van der Waals surface area (Å²) < 4.78 is 18.1. The molecule has 0 aliphatic carbocycles. The van der Waals surface area contributed by atoms with Gasteiger partial charge in [0.2, 0.25) is 11.8 Å². The quantitative estimate of drug-likeness (QED) is 0.212. The maximum Gasteiger partial charge on any atom is 0.247 e. The van der Waals surface area contributed by atoms with Gasteiger partial charge in [-0.1, -0.05) is 36.4 Å². The monoisotopic (exact) mass is 567 g/mol. The van der Waals surface area contributed by atoms with E-state index in [4.69, 9.17) is 0 Å². The summed E-state index contributed by atoms with van der Waals surface area (Å²) in [5.41, 5.74) is 5.26. The molecular weight excluding hydrogens is 533 g/mol. The van der Waals surface area contributed by atoms with Crippen LogP contribution in [-0.2, 0) is 16.1 Å². The average molecular weight is 568 g/mol. The van der Waals surface area contributed by atoms with E-state index in [0.717, 1.165) is 22.2 Å². The molecule has 1 N–H and O–H groups in total. The molecule has 0 spiro atoms. The Labute approximate surface area is 244 Å². The number of amides is 2. The summed E-state index contributed by atoms with van der Waals surface area (Å²) in [5.74, 6) is -0.981. The summed E-state index contributed by atoms with van der Waals surface area (Å²) in [4.78, 5) is 40.9. The Balaban J connectivity index is 1.40. The minimum Gasteiger partial charge on any atom is -0.337 e. The molecule has 0 unspecified atom stereocenters. The van der Waals surface area contributed by atoms with E-state index < -0.39 is 24.0 Å². The molecule has 1 fully saturated rings. The van der Waals surface area contributed by atoms with Crippen molar-refractivity contribution in [1.82, 2.24) is 19.2 Å². The van der Waals surface area contributed by atoms with Gasteiger partial charge in [0, 0.05) is 41.0 Å². The number of nitrogens with zero attached hydrogens (tertiary/aromatic N) is 4. The number of carbonyl (C=O) groups excluding carboxylic acids is 3. The SMILES string of the molecule is CC=CC(=CC)c1ccc2c(c1)c(C(C)=O)cn2CC(=O)N1C[C@H](F)C[C@H]1C(=O)Nc1ccccc1-n1nccc1C. The number of allylic oxidation sites excluding steroid dienone is 4. The summed E-state index contributed by atoms with van der Waals surface area (Å²) in [6.07, 6.45) is 7.87. The van der Waals surface area contributed by atoms with Crippen molar-refractivity contribution in [3.63, 3.8) is 0 Å². The van der Waals surface area contributed by atoms with E-state index in [1.54, 1.807) is 33.8 Å². The Kier molecular flexibility index (Phi) is 8.20. The number of hydrogen-bond acceptors (Lipinski definition) is 4. The lowest BCUT2D eigenvalue weighted by atomic mass is 10.0. The molecule has 0 radical (unpaired) electrons. The normalized spacial score (nSPS) is 17.4. The van der Waals surface area contributed by atoms with Crippen LogP contribution in [0.2, 0.25) is 0 Å². The fourth-order valence-electron chi connectivity index (χ4n) is 5.57. The molecule has 4 aromatic rings. The number of nitrogens with one attached hydrogen (secondary N) is 1. The van der Waals surface area contributed by atoms with Crippen LogP contribution in [-0.4, -0.2) is 55.6 Å². The van der Waals surface area contributed by atoms with Crippen molar-refractivity contribution in [3.05, 3.63) is 96.0 Å². The zero-order chi connectivity index (χ0) is 30.0. The highest BCUT2D eigenvalue weighted by molar-refractivity contribution is 6.08. The maximum atomic E-state index is 14.7. The Morgan fingerprint density at radius 3 is 2.60 bits per heavy atom. The van der Waals surface area contributed by atoms with Gasteiger partial charge in [-0.05, 0) is 69.2 Å². The van der Waals surface area contributed by atoms with Gasteiger partial charge in [0.25, 0.3) is 0 Å². The summed E-state index contributed by atoms with van der Waals surface area (Å²) >= 11 is 0. The smallest absolute Gasteiger partial charge is 0.247 e. The second kappa shape index (κ2) is 12.0. The topological polar surface area (TPSA) is 89.2 Å². The molecule has 1 saturated heterocycles. The van der Waals surface area contributed by atoms with E-state index in [9.17, 15) is 18.8 Å². The number of alkyl halides is 1. The minimum absolute atomic E-state index is 0.0912. The van der Waals surface area contributed by atoms with Gasteiger partial charge in [-0.25, -0.2) is 9.07 Å². The molecule has 216 valence electrons. The first-order chi connectivity index (χ1) is 20.2. The molecule has 0 saturated carbocycles. The molecule has 2 aromatic heterocycles. The molecule has 2 atom stereocenters. The average Bonchev–Trinajstić information content (AvgIpc) is 3.68. The number of anilines is 1. The van der Waals surface area contributed by atoms with E-state index in [1.165, 1.54) is 11.8 Å². The number of carbonyl (C=O) groups is 3. The van der Waals surface area contributed by atoms with Crippen molar-refractivity contribution < 1.29 is 18.8 Å². The maximum absolute atomic E-state index is 14.7. The zero-order valence-corrected chi connectivity index (χ0v) is 24.2. The number of aromatic nitrogens is 3. The number of aryl methyl sites for hydroxylation is 1. The second-order valence-electron chi connectivity index (χ2n) is 10.5. The fourth-order valence-corrected chi connectivity index (χ4v) is 5.57. The van der Waals surface area contributed by atoms with Crippen LogP contribution in [0, 0.1) is 6.92 Å². The lowest BCUT2D eigenvalue weighted by molar-refractivity contribution is -0.137. The van der Waals surface area contributed by atoms with Crippen molar-refractivity contribution in [2.24, 2.45) is 0 Å². The standard InChI is InChI=1S/C33H34FN5O3/c1-5-9-23(6-2)24-12-13-29-26(16-24)27(22(4)40)19-37(29)20-32(41)38-18-25(34)17-31(38)33(42)36-28-10-7-8-11-30(28)39-21(3)14-15-35-39/h5-16,19,25,31H,17-18,20H2,1-4H3,(H,36,42)/t25-,31+/m1/s1. The van der Waals surface area contributed by atoms with Crippen LogP contribution in [0.15, 0.2) is 79.2 Å². The lowest BCUT2D eigenvalue weighted by Crippen LogP contribution is -2.44. The third kappa shape index (κ3) is 5.54. The molecule has 8 nitrogen and oxygen atoms in total. The third-order valence-corrected chi connectivity index (χ3v) is 7.65. The van der Waals surface area contributed by atoms with Crippen molar-refractivity contribution >= 4 is 39.8 Å². The lowest BCUT2D eigenvalue weighted by Gasteiger charge is -2.24. The number of fused-ring (bicyclic) bond motifs is 1. The van der Waals surface area contributed by atoms with Crippen LogP contribution in [0.25, 0.3) is 22.2 Å². The minimum atomic E-state index is -1.32. The molecule has 9 heteroatoms. The van der Waals surface area contributed by atoms with Gasteiger partial charge in [0.1, 0.15) is 18.8 Å². The number of benzene rings is 2. The number of halogens is 1. The number of likely N-dealkylation sites (tertiary alicyclic amines) is 1. The fraction of sp³-hybridized carbons (Fsp3) is 0.273. The highest BCUT2D eigenvalue weighted by atomic mass is 19.1. The summed E-state index contributed by atoms with van der Waals surface area (Å²) in [6, 6.07) is 13.9. The molecule has 0 bridgehead atoms. The Bertz CT molecular complexity index is 1730. The van der Waals surface area contributed by atoms with Gasteiger partial charge in [-0.3, -0.25) is 14.4 Å². The van der Waals surface area contributed by atoms with Crippen molar-refractivity contribution in [2.75, 3.05) is 11.9 Å². The number of ketones is 1. The molecular formula is C33H34FN5O3. The molecule has 1 aliphatic heterocycles. The van der Waals surface area contributed by atoms with Crippen LogP contribution in [0.4, 0.5) is 10.1 Å². The van der Waals surface area contributed by atoms with Gasteiger partial charge < -0.3 is 14.8 Å². The van der Waals surface area contributed by atoms with Crippen molar-refractivity contribution in [3.8, 4) is 5.69 Å². The van der Waals surface area contributed by atoms with E-state index >= 15 is 0 Å². The molecule has 42 heavy (non-hydrogen) atoms. The Morgan fingerprint density at radius 1 is 1.12 bits per heavy atom. The van der Waals surface area contributed by atoms with E-state index in [-0.39, 0.29) is 25.3 Å². The summed E-state index contributed by atoms with van der Waals surface area (Å²) in [6.45, 7) is 6.99. The summed E-state index contributed by atoms with van der Waals surface area (Å²) in [7, 11) is 0. The van der Waals surface area contributed by atoms with Gasteiger partial charge >= 0.3 is 0 Å². The molecule has 2 aromatic carbocycles. The van der Waals surface area contributed by atoms with Crippen molar-refractivity contribution in [2.45, 2.75) is 52.9 Å². The van der Waals surface area contributed by atoms with Crippen LogP contribution in [0.1, 0.15) is 48.8 Å². The van der Waals surface area contributed by atoms with Crippen LogP contribution >= 0.6 is 0 Å². The first kappa shape index (κ1) is 28.7. The number of hydrogen-bond donors (Lipinski definition) is 1. The third-order valence-electron chi connectivity index (χ3n) is 7.65. The zero-order valence-electron chi connectivity index (χ0n) is 24.2. The van der Waals surface area contributed by atoms with Gasteiger partial charge in [0.05, 0.1) is 17.9 Å². The largest absolute Gasteiger partial charge is 0.337 e. The molecule has 5 rings (SSSR count). The number of rotatable bonds is 8. The van der Waals surface area contributed by atoms with E-state index in [2.05, 4.69) is 10.4 Å². The first-order valence-corrected chi connectivity index (χ1v) is 14.0. The summed E-state index contributed by atoms with van der Waals surface area (Å²) in [5, 5.41) is 7.96. The molecule has 2 amide bonds. The predicted octanol–water partition coefficient (Wildman–Crippen LogP) is 5.90. The number of para-hydroxylation sites is 2. The number of Topliss-reactive ketones (excluding diaryl/α,β-unsaturated/α-hetero) is 1. The Morgan fingerprint density at radius 2 is 1.90 bits per heavy atom. The predicted molar refractivity (Wildman–Crippen MR) is 162 cm³/mol. The molecule has 1 aliphatic rings. The highest BCUT2D eigenvalue weighted by Gasteiger charge is 2.40. The second-order valence-corrected chi connectivity index (χ2v) is 10.5. The van der Waals surface area contributed by atoms with Gasteiger partial charge in [-0.2, -0.15) is 5.10 Å². The Hall–Kier alpha value is -4.79. The van der Waals surface area contributed by atoms with Crippen LogP contribution in [0.3, 0.4) is 0 Å². The van der Waals surface area contributed by atoms with Gasteiger partial charge in [0.15, 0.2) is 5.78 Å². The van der Waals surface area contributed by atoms with Crippen LogP contribution < -0.4 is 5.32 Å². The molecule has 3 heterocycles.